The minimum absolute atomic E-state index is 0.0534. The Bertz CT molecular complexity index is 1070. The Kier molecular flexibility index (Phi) is 5.38. The number of rotatable bonds is 5. The second kappa shape index (κ2) is 7.72. The van der Waals surface area contributed by atoms with Gasteiger partial charge in [0.2, 0.25) is 0 Å². The lowest BCUT2D eigenvalue weighted by atomic mass is 10.3. The van der Waals surface area contributed by atoms with Crippen molar-refractivity contribution in [3.8, 4) is 0 Å². The highest BCUT2D eigenvalue weighted by Crippen LogP contribution is 2.18. The normalized spacial score (nSPS) is 11.0. The van der Waals surface area contributed by atoms with Crippen molar-refractivity contribution < 1.29 is 17.3 Å². The highest BCUT2D eigenvalue weighted by molar-refractivity contribution is 7.92. The Balaban J connectivity index is 1.65. The Labute approximate surface area is 160 Å². The van der Waals surface area contributed by atoms with Crippen LogP contribution < -0.4 is 15.4 Å². The van der Waals surface area contributed by atoms with E-state index in [1.165, 1.54) is 30.3 Å². The first-order valence-corrected chi connectivity index (χ1v) is 9.61. The first kappa shape index (κ1) is 18.8. The van der Waals surface area contributed by atoms with Crippen LogP contribution in [0.1, 0.15) is 5.76 Å². The van der Waals surface area contributed by atoms with Crippen LogP contribution in [0.2, 0.25) is 0 Å². The van der Waals surface area contributed by atoms with E-state index in [1.54, 1.807) is 31.2 Å². The molecule has 3 aromatic rings. The molecular formula is C17H15FN4O3S2. The maximum atomic E-state index is 13.2. The highest BCUT2D eigenvalue weighted by Gasteiger charge is 2.16. The Morgan fingerprint density at radius 2 is 1.78 bits per heavy atom. The number of hydrogen-bond donors (Lipinski definition) is 3. The summed E-state index contributed by atoms with van der Waals surface area (Å²) < 4.78 is 45.0. The summed E-state index contributed by atoms with van der Waals surface area (Å²) in [5, 5.41) is 9.58. The van der Waals surface area contributed by atoms with Crippen LogP contribution in [0, 0.1) is 12.7 Å². The van der Waals surface area contributed by atoms with Crippen molar-refractivity contribution in [2.24, 2.45) is 0 Å². The van der Waals surface area contributed by atoms with Crippen LogP contribution in [0.25, 0.3) is 0 Å². The molecular weight excluding hydrogens is 391 g/mol. The molecule has 0 aliphatic carbocycles. The number of thiocarbonyl (C=S) groups is 1. The summed E-state index contributed by atoms with van der Waals surface area (Å²) in [7, 11) is -3.79. The van der Waals surface area contributed by atoms with Crippen molar-refractivity contribution in [3.05, 3.63) is 66.2 Å². The molecule has 0 spiro atoms. The van der Waals surface area contributed by atoms with E-state index in [0.29, 0.717) is 17.1 Å². The molecule has 0 bridgehead atoms. The fourth-order valence-electron chi connectivity index (χ4n) is 2.19. The molecule has 0 aliphatic rings. The smallest absolute Gasteiger partial charge is 0.263 e. The third-order valence-electron chi connectivity index (χ3n) is 3.37. The van der Waals surface area contributed by atoms with Gasteiger partial charge in [0, 0.05) is 17.4 Å². The Morgan fingerprint density at radius 3 is 2.41 bits per heavy atom. The number of aromatic nitrogens is 1. The molecule has 0 fully saturated rings. The monoisotopic (exact) mass is 406 g/mol. The standard InChI is InChI=1S/C17H15FN4O3S2/c1-11-9-16(21-25-11)22-27(23,24)15-7-5-13(6-8-15)19-17(26)20-14-4-2-3-12(18)10-14/h2-10H,1H3,(H,21,22)(H2,19,20,26). The van der Waals surface area contributed by atoms with Gasteiger partial charge in [-0.2, -0.15) is 0 Å². The van der Waals surface area contributed by atoms with Gasteiger partial charge in [0.15, 0.2) is 10.9 Å². The van der Waals surface area contributed by atoms with Crippen molar-refractivity contribution in [1.82, 2.24) is 5.16 Å². The zero-order valence-electron chi connectivity index (χ0n) is 14.1. The van der Waals surface area contributed by atoms with E-state index < -0.39 is 10.0 Å². The van der Waals surface area contributed by atoms with Crippen LogP contribution in [-0.2, 0) is 10.0 Å². The number of nitrogens with one attached hydrogen (secondary N) is 3. The Hall–Kier alpha value is -2.98. The molecule has 3 N–H and O–H groups in total. The molecule has 0 radical (unpaired) electrons. The van der Waals surface area contributed by atoms with E-state index in [1.807, 2.05) is 0 Å². The molecule has 0 saturated heterocycles. The lowest BCUT2D eigenvalue weighted by Crippen LogP contribution is -2.19. The van der Waals surface area contributed by atoms with Crippen LogP contribution >= 0.6 is 12.2 Å². The SMILES string of the molecule is Cc1cc(NS(=O)(=O)c2ccc(NC(=S)Nc3cccc(F)c3)cc2)no1. The quantitative estimate of drug-likeness (QED) is 0.556. The van der Waals surface area contributed by atoms with Gasteiger partial charge >= 0.3 is 0 Å². The maximum absolute atomic E-state index is 13.2. The van der Waals surface area contributed by atoms with Crippen molar-refractivity contribution in [2.75, 3.05) is 15.4 Å². The average Bonchev–Trinajstić information content (AvgIpc) is 2.99. The highest BCUT2D eigenvalue weighted by atomic mass is 32.2. The van der Waals surface area contributed by atoms with Gasteiger partial charge in [0.25, 0.3) is 10.0 Å². The molecule has 2 aromatic carbocycles. The molecule has 10 heteroatoms. The van der Waals surface area contributed by atoms with Gasteiger partial charge in [-0.1, -0.05) is 11.2 Å². The number of anilines is 3. The average molecular weight is 406 g/mol. The van der Waals surface area contributed by atoms with Crippen molar-refractivity contribution in [2.45, 2.75) is 11.8 Å². The topological polar surface area (TPSA) is 96.3 Å². The summed E-state index contributed by atoms with van der Waals surface area (Å²) in [4.78, 5) is 0.0534. The van der Waals surface area contributed by atoms with Gasteiger partial charge in [-0.05, 0) is 61.6 Å². The van der Waals surface area contributed by atoms with Crippen LogP contribution in [-0.4, -0.2) is 18.7 Å². The zero-order chi connectivity index (χ0) is 19.4. The molecule has 27 heavy (non-hydrogen) atoms. The third-order valence-corrected chi connectivity index (χ3v) is 4.95. The summed E-state index contributed by atoms with van der Waals surface area (Å²) >= 11 is 5.16. The summed E-state index contributed by atoms with van der Waals surface area (Å²) in [6.07, 6.45) is 0. The van der Waals surface area contributed by atoms with Gasteiger partial charge in [0.05, 0.1) is 4.90 Å². The number of sulfonamides is 1. The molecule has 7 nitrogen and oxygen atoms in total. The van der Waals surface area contributed by atoms with Gasteiger partial charge in [-0.25, -0.2) is 12.8 Å². The van der Waals surface area contributed by atoms with Crippen LogP contribution in [0.3, 0.4) is 0 Å². The lowest BCUT2D eigenvalue weighted by Gasteiger charge is -2.11. The van der Waals surface area contributed by atoms with Gasteiger partial charge in [0.1, 0.15) is 11.6 Å². The molecule has 0 aliphatic heterocycles. The molecule has 3 rings (SSSR count). The van der Waals surface area contributed by atoms with E-state index in [2.05, 4.69) is 20.5 Å². The zero-order valence-corrected chi connectivity index (χ0v) is 15.7. The van der Waals surface area contributed by atoms with E-state index in [-0.39, 0.29) is 21.6 Å². The number of nitrogens with zero attached hydrogens (tertiary/aromatic N) is 1. The summed E-state index contributed by atoms with van der Waals surface area (Å²) in [5.41, 5.74) is 1.07. The van der Waals surface area contributed by atoms with E-state index in [4.69, 9.17) is 16.7 Å². The van der Waals surface area contributed by atoms with Crippen molar-refractivity contribution in [3.63, 3.8) is 0 Å². The van der Waals surface area contributed by atoms with Gasteiger partial charge in [-0.3, -0.25) is 4.72 Å². The number of benzene rings is 2. The van der Waals surface area contributed by atoms with Crippen molar-refractivity contribution >= 4 is 44.5 Å². The molecule has 1 aromatic heterocycles. The molecule has 0 atom stereocenters. The largest absolute Gasteiger partial charge is 0.360 e. The maximum Gasteiger partial charge on any atom is 0.263 e. The number of aryl methyl sites for hydroxylation is 1. The summed E-state index contributed by atoms with van der Waals surface area (Å²) in [6.45, 7) is 1.66. The van der Waals surface area contributed by atoms with Gasteiger partial charge < -0.3 is 15.2 Å². The summed E-state index contributed by atoms with van der Waals surface area (Å²) in [6, 6.07) is 13.3. The third kappa shape index (κ3) is 5.02. The summed E-state index contributed by atoms with van der Waals surface area (Å²) in [5.74, 6) is 0.217. The first-order valence-electron chi connectivity index (χ1n) is 7.72. The second-order valence-corrected chi connectivity index (χ2v) is 7.63. The van der Waals surface area contributed by atoms with E-state index in [9.17, 15) is 12.8 Å². The van der Waals surface area contributed by atoms with Crippen LogP contribution in [0.5, 0.6) is 0 Å². The predicted molar refractivity (Wildman–Crippen MR) is 105 cm³/mol. The molecule has 0 unspecified atom stereocenters. The number of hydrogen-bond acceptors (Lipinski definition) is 5. The predicted octanol–water partition coefficient (Wildman–Crippen LogP) is 3.73. The van der Waals surface area contributed by atoms with Crippen LogP contribution in [0.15, 0.2) is 64.0 Å². The van der Waals surface area contributed by atoms with E-state index >= 15 is 0 Å². The molecule has 0 saturated carbocycles. The van der Waals surface area contributed by atoms with Gasteiger partial charge in [-0.15, -0.1) is 0 Å². The van der Waals surface area contributed by atoms with Crippen molar-refractivity contribution in [1.29, 1.82) is 0 Å². The first-order chi connectivity index (χ1) is 12.8. The minimum atomic E-state index is -3.79. The lowest BCUT2D eigenvalue weighted by molar-refractivity contribution is 0.400. The second-order valence-electron chi connectivity index (χ2n) is 5.54. The number of halogens is 1. The Morgan fingerprint density at radius 1 is 1.07 bits per heavy atom. The fourth-order valence-corrected chi connectivity index (χ4v) is 3.41. The van der Waals surface area contributed by atoms with Crippen LogP contribution in [0.4, 0.5) is 21.6 Å². The minimum Gasteiger partial charge on any atom is -0.360 e. The molecule has 1 heterocycles. The molecule has 0 amide bonds. The fraction of sp³-hybridized carbons (Fsp3) is 0.0588. The molecule has 140 valence electrons. The van der Waals surface area contributed by atoms with E-state index in [0.717, 1.165) is 0 Å².